The molecule has 1 aliphatic heterocycles. The number of carbonyl (C=O) groups is 1. The molecule has 0 aliphatic carbocycles. The maximum atomic E-state index is 12.6. The Hall–Kier alpha value is -2.60. The van der Waals surface area contributed by atoms with Gasteiger partial charge < -0.3 is 14.8 Å². The van der Waals surface area contributed by atoms with Crippen LogP contribution < -0.4 is 14.8 Å². The van der Waals surface area contributed by atoms with Crippen LogP contribution in [0.4, 0.5) is 0 Å². The van der Waals surface area contributed by atoms with Crippen LogP contribution in [0, 0.1) is 5.92 Å². The van der Waals surface area contributed by atoms with Gasteiger partial charge in [0.25, 0.3) is 0 Å². The third-order valence-corrected chi connectivity index (χ3v) is 5.35. The topological polar surface area (TPSA) is 60.5 Å². The summed E-state index contributed by atoms with van der Waals surface area (Å²) < 4.78 is 12.1. The number of benzene rings is 2. The number of thiazole rings is 1. The lowest BCUT2D eigenvalue weighted by Crippen LogP contribution is -2.37. The molecule has 1 atom stereocenters. The van der Waals surface area contributed by atoms with E-state index in [4.69, 9.17) is 9.47 Å². The van der Waals surface area contributed by atoms with Crippen LogP contribution in [-0.2, 0) is 17.8 Å². The summed E-state index contributed by atoms with van der Waals surface area (Å²) in [5.41, 5.74) is 4.90. The van der Waals surface area contributed by atoms with Crippen molar-refractivity contribution < 1.29 is 14.3 Å². The first-order chi connectivity index (χ1) is 12.2. The van der Waals surface area contributed by atoms with Crippen molar-refractivity contribution in [3.63, 3.8) is 0 Å². The number of hydrogen-bond acceptors (Lipinski definition) is 5. The van der Waals surface area contributed by atoms with Crippen LogP contribution in [0.2, 0.25) is 0 Å². The first kappa shape index (κ1) is 15.9. The fourth-order valence-electron chi connectivity index (χ4n) is 3.08. The average molecular weight is 354 g/mol. The number of nitrogens with zero attached hydrogens (tertiary/aromatic N) is 1. The monoisotopic (exact) mass is 354 g/mol. The fraction of sp³-hybridized carbons (Fsp3) is 0.263. The van der Waals surface area contributed by atoms with Gasteiger partial charge in [-0.1, -0.05) is 12.1 Å². The van der Waals surface area contributed by atoms with Gasteiger partial charge in [-0.25, -0.2) is 4.98 Å². The van der Waals surface area contributed by atoms with Gasteiger partial charge in [0.1, 0.15) is 18.1 Å². The van der Waals surface area contributed by atoms with Gasteiger partial charge in [-0.15, -0.1) is 11.3 Å². The zero-order chi connectivity index (χ0) is 17.2. The Bertz CT molecular complexity index is 922. The molecular formula is C19H18N2O3S. The van der Waals surface area contributed by atoms with Crippen molar-refractivity contribution in [1.29, 1.82) is 0 Å². The molecule has 1 aliphatic rings. The van der Waals surface area contributed by atoms with Crippen LogP contribution in [0.3, 0.4) is 0 Å². The van der Waals surface area contributed by atoms with Gasteiger partial charge >= 0.3 is 0 Å². The van der Waals surface area contributed by atoms with Crippen molar-refractivity contribution in [3.8, 4) is 11.5 Å². The Labute approximate surface area is 149 Å². The van der Waals surface area contributed by atoms with E-state index in [1.54, 1.807) is 18.4 Å². The molecule has 0 bridgehead atoms. The van der Waals surface area contributed by atoms with Crippen LogP contribution >= 0.6 is 11.3 Å². The van der Waals surface area contributed by atoms with Crippen molar-refractivity contribution in [1.82, 2.24) is 10.3 Å². The third kappa shape index (κ3) is 3.17. The number of rotatable bonds is 4. The first-order valence-electron chi connectivity index (χ1n) is 8.13. The summed E-state index contributed by atoms with van der Waals surface area (Å²) >= 11 is 1.59. The van der Waals surface area contributed by atoms with E-state index in [2.05, 4.69) is 10.3 Å². The second kappa shape index (κ2) is 6.72. The lowest BCUT2D eigenvalue weighted by atomic mass is 9.95. The van der Waals surface area contributed by atoms with E-state index in [1.165, 1.54) is 0 Å². The summed E-state index contributed by atoms with van der Waals surface area (Å²) in [6.07, 6.45) is 0.656. The zero-order valence-corrected chi connectivity index (χ0v) is 14.6. The van der Waals surface area contributed by atoms with Crippen molar-refractivity contribution >= 4 is 27.5 Å². The summed E-state index contributed by atoms with van der Waals surface area (Å²) in [7, 11) is 1.63. The van der Waals surface area contributed by atoms with Crippen molar-refractivity contribution in [2.75, 3.05) is 13.7 Å². The third-order valence-electron chi connectivity index (χ3n) is 4.44. The van der Waals surface area contributed by atoms with Gasteiger partial charge in [0.05, 0.1) is 28.8 Å². The van der Waals surface area contributed by atoms with Crippen LogP contribution in [0.5, 0.6) is 11.5 Å². The van der Waals surface area contributed by atoms with Crippen LogP contribution in [-0.4, -0.2) is 24.6 Å². The number of aromatic nitrogens is 1. The minimum atomic E-state index is -0.194. The lowest BCUT2D eigenvalue weighted by molar-refractivity contribution is -0.126. The van der Waals surface area contributed by atoms with E-state index >= 15 is 0 Å². The Morgan fingerprint density at radius 1 is 1.40 bits per heavy atom. The number of nitrogens with one attached hydrogen (secondary N) is 1. The normalized spacial score (nSPS) is 16.1. The van der Waals surface area contributed by atoms with Gasteiger partial charge in [-0.2, -0.15) is 0 Å². The molecule has 0 spiro atoms. The molecule has 25 heavy (non-hydrogen) atoms. The summed E-state index contributed by atoms with van der Waals surface area (Å²) in [6.45, 7) is 0.899. The summed E-state index contributed by atoms with van der Waals surface area (Å²) in [6, 6.07) is 11.7. The van der Waals surface area contributed by atoms with E-state index in [9.17, 15) is 4.79 Å². The number of carbonyl (C=O) groups excluding carboxylic acids is 1. The standard InChI is InChI=1S/C19H18N2O3S/c1-23-15-5-6-17-13(8-15)7-14(10-24-17)19(22)20-9-12-3-2-4-16-18(12)25-11-21-16/h2-6,8,11,14H,7,9-10H2,1H3,(H,20,22). The maximum absolute atomic E-state index is 12.6. The van der Waals surface area contributed by atoms with Gasteiger partial charge in [0.15, 0.2) is 0 Å². The summed E-state index contributed by atoms with van der Waals surface area (Å²) in [4.78, 5) is 16.9. The smallest absolute Gasteiger partial charge is 0.227 e. The number of fused-ring (bicyclic) bond motifs is 2. The molecule has 5 nitrogen and oxygen atoms in total. The van der Waals surface area contributed by atoms with Gasteiger partial charge in [0, 0.05) is 6.54 Å². The minimum Gasteiger partial charge on any atom is -0.497 e. The van der Waals surface area contributed by atoms with Gasteiger partial charge in [0.2, 0.25) is 5.91 Å². The van der Waals surface area contributed by atoms with E-state index in [0.29, 0.717) is 19.6 Å². The lowest BCUT2D eigenvalue weighted by Gasteiger charge is -2.25. The molecule has 2 heterocycles. The molecule has 3 aromatic rings. The second-order valence-corrected chi connectivity index (χ2v) is 6.88. The predicted octanol–water partition coefficient (Wildman–Crippen LogP) is 3.17. The summed E-state index contributed by atoms with van der Waals surface area (Å²) in [5.74, 6) is 1.43. The number of methoxy groups -OCH3 is 1. The second-order valence-electron chi connectivity index (χ2n) is 6.02. The molecule has 1 amide bonds. The van der Waals surface area contributed by atoms with Gasteiger partial charge in [-0.3, -0.25) is 4.79 Å². The molecule has 1 unspecified atom stereocenters. The maximum Gasteiger partial charge on any atom is 0.227 e. The quantitative estimate of drug-likeness (QED) is 0.782. The van der Waals surface area contributed by atoms with E-state index in [-0.39, 0.29) is 11.8 Å². The van der Waals surface area contributed by atoms with Crippen molar-refractivity contribution in [2.45, 2.75) is 13.0 Å². The van der Waals surface area contributed by atoms with Crippen LogP contribution in [0.1, 0.15) is 11.1 Å². The molecule has 0 saturated heterocycles. The largest absolute Gasteiger partial charge is 0.497 e. The number of amides is 1. The van der Waals surface area contributed by atoms with Crippen molar-refractivity contribution in [2.24, 2.45) is 5.92 Å². The molecule has 2 aromatic carbocycles. The van der Waals surface area contributed by atoms with Crippen LogP contribution in [0.25, 0.3) is 10.2 Å². The molecule has 0 saturated carbocycles. The molecule has 1 N–H and O–H groups in total. The molecule has 0 radical (unpaired) electrons. The molecular weight excluding hydrogens is 336 g/mol. The predicted molar refractivity (Wildman–Crippen MR) is 97.1 cm³/mol. The zero-order valence-electron chi connectivity index (χ0n) is 13.8. The van der Waals surface area contributed by atoms with Crippen LogP contribution in [0.15, 0.2) is 41.9 Å². The highest BCUT2D eigenvalue weighted by molar-refractivity contribution is 7.16. The molecule has 1 aromatic heterocycles. The summed E-state index contributed by atoms with van der Waals surface area (Å²) in [5, 5.41) is 3.04. The Balaban J connectivity index is 1.44. The molecule has 0 fully saturated rings. The fourth-order valence-corrected chi connectivity index (χ4v) is 3.88. The highest BCUT2D eigenvalue weighted by atomic mass is 32.1. The highest BCUT2D eigenvalue weighted by Gasteiger charge is 2.26. The Morgan fingerprint density at radius 2 is 2.32 bits per heavy atom. The molecule has 4 rings (SSSR count). The first-order valence-corrected chi connectivity index (χ1v) is 9.01. The Kier molecular flexibility index (Phi) is 4.28. The van der Waals surface area contributed by atoms with E-state index in [0.717, 1.165) is 32.8 Å². The van der Waals surface area contributed by atoms with E-state index in [1.807, 2.05) is 41.9 Å². The SMILES string of the molecule is COc1ccc2c(c1)CC(C(=O)NCc1cccc3ncsc13)CO2. The highest BCUT2D eigenvalue weighted by Crippen LogP contribution is 2.31. The van der Waals surface area contributed by atoms with E-state index < -0.39 is 0 Å². The Morgan fingerprint density at radius 3 is 3.20 bits per heavy atom. The molecule has 6 heteroatoms. The number of hydrogen-bond donors (Lipinski definition) is 1. The average Bonchev–Trinajstić information content (AvgIpc) is 3.14. The number of ether oxygens (including phenoxy) is 2. The van der Waals surface area contributed by atoms with Crippen molar-refractivity contribution in [3.05, 3.63) is 53.0 Å². The minimum absolute atomic E-state index is 0.00925. The molecule has 128 valence electrons. The van der Waals surface area contributed by atoms with Gasteiger partial charge in [-0.05, 0) is 41.8 Å².